The summed E-state index contributed by atoms with van der Waals surface area (Å²) in [5.41, 5.74) is 3.51. The number of aryl methyl sites for hydroxylation is 1. The highest BCUT2D eigenvalue weighted by Gasteiger charge is 2.16. The van der Waals surface area contributed by atoms with Gasteiger partial charge in [0, 0.05) is 30.9 Å². The van der Waals surface area contributed by atoms with Crippen LogP contribution in [0.25, 0.3) is 10.1 Å². The number of hydrogen-bond acceptors (Lipinski definition) is 4. The van der Waals surface area contributed by atoms with Crippen molar-refractivity contribution in [1.82, 2.24) is 10.2 Å². The summed E-state index contributed by atoms with van der Waals surface area (Å²) in [6, 6.07) is 16.5. The molecule has 0 radical (unpaired) electrons. The lowest BCUT2D eigenvalue weighted by atomic mass is 10.1. The van der Waals surface area contributed by atoms with Crippen LogP contribution in [-0.2, 0) is 17.8 Å². The number of fused-ring (bicyclic) bond motifs is 1. The quantitative estimate of drug-likeness (QED) is 0.728. The average Bonchev–Trinajstić information content (AvgIpc) is 3.05. The molecule has 0 saturated carbocycles. The number of rotatable bonds is 5. The predicted octanol–water partition coefficient (Wildman–Crippen LogP) is 3.97. The van der Waals surface area contributed by atoms with Crippen LogP contribution in [0.3, 0.4) is 0 Å². The summed E-state index contributed by atoms with van der Waals surface area (Å²) in [7, 11) is 0. The van der Waals surface area contributed by atoms with E-state index in [9.17, 15) is 4.79 Å². The van der Waals surface area contributed by atoms with Crippen molar-refractivity contribution >= 4 is 27.3 Å². The fourth-order valence-electron chi connectivity index (χ4n) is 3.53. The smallest absolute Gasteiger partial charge is 0.261 e. The molecule has 4 nitrogen and oxygen atoms in total. The lowest BCUT2D eigenvalue weighted by Crippen LogP contribution is -2.36. The molecular weight excluding hydrogens is 356 g/mol. The molecule has 1 aromatic heterocycles. The van der Waals surface area contributed by atoms with Crippen LogP contribution in [0.4, 0.5) is 0 Å². The van der Waals surface area contributed by atoms with Gasteiger partial charge >= 0.3 is 0 Å². The second-order valence-electron chi connectivity index (χ2n) is 6.89. The molecule has 5 heteroatoms. The number of thiophene rings is 1. The molecule has 0 bridgehead atoms. The van der Waals surface area contributed by atoms with E-state index in [1.807, 2.05) is 25.1 Å². The Morgan fingerprint density at radius 3 is 2.56 bits per heavy atom. The van der Waals surface area contributed by atoms with Gasteiger partial charge in [0.05, 0.1) is 18.1 Å². The van der Waals surface area contributed by atoms with Crippen LogP contribution in [0, 0.1) is 6.92 Å². The minimum Gasteiger partial charge on any atom is -0.379 e. The maximum atomic E-state index is 12.8. The summed E-state index contributed by atoms with van der Waals surface area (Å²) in [6.07, 6.45) is 0. The zero-order chi connectivity index (χ0) is 18.6. The SMILES string of the molecule is Cc1c(C(=O)NCc2ccccc2CN2CCOCC2)sc2ccccc12. The van der Waals surface area contributed by atoms with Crippen molar-refractivity contribution in [1.29, 1.82) is 0 Å². The van der Waals surface area contributed by atoms with Crippen molar-refractivity contribution in [2.75, 3.05) is 26.3 Å². The van der Waals surface area contributed by atoms with Crippen molar-refractivity contribution in [3.05, 3.63) is 70.1 Å². The molecule has 1 aliphatic rings. The van der Waals surface area contributed by atoms with Crippen LogP contribution in [0.15, 0.2) is 48.5 Å². The number of morpholine rings is 1. The molecule has 0 atom stereocenters. The van der Waals surface area contributed by atoms with E-state index in [0.717, 1.165) is 48.0 Å². The lowest BCUT2D eigenvalue weighted by molar-refractivity contribution is 0.0340. The van der Waals surface area contributed by atoms with Crippen molar-refractivity contribution < 1.29 is 9.53 Å². The summed E-state index contributed by atoms with van der Waals surface area (Å²) in [4.78, 5) is 16.0. The number of amides is 1. The standard InChI is InChI=1S/C22H24N2O2S/c1-16-19-8-4-5-9-20(19)27-21(16)22(25)23-14-17-6-2-3-7-18(17)15-24-10-12-26-13-11-24/h2-9H,10-15H2,1H3,(H,23,25). The van der Waals surface area contributed by atoms with Gasteiger partial charge in [-0.25, -0.2) is 0 Å². The molecule has 4 rings (SSSR count). The number of ether oxygens (including phenoxy) is 1. The highest BCUT2D eigenvalue weighted by atomic mass is 32.1. The van der Waals surface area contributed by atoms with E-state index in [4.69, 9.17) is 4.74 Å². The lowest BCUT2D eigenvalue weighted by Gasteiger charge is -2.27. The van der Waals surface area contributed by atoms with Gasteiger partial charge in [0.15, 0.2) is 0 Å². The fourth-order valence-corrected chi connectivity index (χ4v) is 4.66. The van der Waals surface area contributed by atoms with Gasteiger partial charge in [0.1, 0.15) is 0 Å². The van der Waals surface area contributed by atoms with E-state index in [1.165, 1.54) is 16.5 Å². The summed E-state index contributed by atoms with van der Waals surface area (Å²) in [5, 5.41) is 4.29. The summed E-state index contributed by atoms with van der Waals surface area (Å²) >= 11 is 1.57. The highest BCUT2D eigenvalue weighted by molar-refractivity contribution is 7.21. The van der Waals surface area contributed by atoms with E-state index >= 15 is 0 Å². The number of nitrogens with one attached hydrogen (secondary N) is 1. The van der Waals surface area contributed by atoms with E-state index < -0.39 is 0 Å². The third kappa shape index (κ3) is 4.05. The van der Waals surface area contributed by atoms with Gasteiger partial charge in [-0.05, 0) is 35.1 Å². The topological polar surface area (TPSA) is 41.6 Å². The van der Waals surface area contributed by atoms with Crippen LogP contribution < -0.4 is 5.32 Å². The third-order valence-electron chi connectivity index (χ3n) is 5.11. The van der Waals surface area contributed by atoms with Crippen molar-refractivity contribution in [3.8, 4) is 0 Å². The van der Waals surface area contributed by atoms with Crippen molar-refractivity contribution in [2.24, 2.45) is 0 Å². The van der Waals surface area contributed by atoms with Crippen LogP contribution in [0.5, 0.6) is 0 Å². The molecular formula is C22H24N2O2S. The van der Waals surface area contributed by atoms with Crippen LogP contribution in [-0.4, -0.2) is 37.1 Å². The average molecular weight is 381 g/mol. The number of carbonyl (C=O) groups excluding carboxylic acids is 1. The summed E-state index contributed by atoms with van der Waals surface area (Å²) in [6.45, 7) is 6.99. The van der Waals surface area contributed by atoms with E-state index in [-0.39, 0.29) is 5.91 Å². The van der Waals surface area contributed by atoms with Crippen molar-refractivity contribution in [3.63, 3.8) is 0 Å². The summed E-state index contributed by atoms with van der Waals surface area (Å²) < 4.78 is 6.59. The Kier molecular flexibility index (Phi) is 5.53. The molecule has 1 amide bonds. The molecule has 0 spiro atoms. The van der Waals surface area contributed by atoms with Gasteiger partial charge in [0.25, 0.3) is 5.91 Å². The second kappa shape index (κ2) is 8.21. The first-order chi connectivity index (χ1) is 13.2. The molecule has 1 fully saturated rings. The number of nitrogens with zero attached hydrogens (tertiary/aromatic N) is 1. The van der Waals surface area contributed by atoms with Crippen LogP contribution >= 0.6 is 11.3 Å². The molecule has 1 saturated heterocycles. The maximum Gasteiger partial charge on any atom is 0.261 e. The maximum absolute atomic E-state index is 12.8. The minimum absolute atomic E-state index is 0.00914. The number of benzene rings is 2. The third-order valence-corrected chi connectivity index (χ3v) is 6.38. The van der Waals surface area contributed by atoms with Gasteiger partial charge in [-0.3, -0.25) is 9.69 Å². The summed E-state index contributed by atoms with van der Waals surface area (Å²) in [5.74, 6) is 0.00914. The molecule has 140 valence electrons. The Labute approximate surface area is 163 Å². The molecule has 27 heavy (non-hydrogen) atoms. The number of carbonyl (C=O) groups is 1. The fraction of sp³-hybridized carbons (Fsp3) is 0.318. The second-order valence-corrected chi connectivity index (χ2v) is 7.94. The Morgan fingerprint density at radius 2 is 1.78 bits per heavy atom. The van der Waals surface area contributed by atoms with Crippen LogP contribution in [0.2, 0.25) is 0 Å². The van der Waals surface area contributed by atoms with Crippen molar-refractivity contribution in [2.45, 2.75) is 20.0 Å². The Balaban J connectivity index is 1.46. The Bertz CT molecular complexity index is 944. The monoisotopic (exact) mass is 380 g/mol. The first-order valence-electron chi connectivity index (χ1n) is 9.35. The Hall–Kier alpha value is -2.21. The number of hydrogen-bond donors (Lipinski definition) is 1. The molecule has 2 heterocycles. The first-order valence-corrected chi connectivity index (χ1v) is 10.2. The minimum atomic E-state index is 0.00914. The largest absolute Gasteiger partial charge is 0.379 e. The first kappa shape index (κ1) is 18.2. The molecule has 2 aromatic carbocycles. The predicted molar refractivity (Wildman–Crippen MR) is 110 cm³/mol. The van der Waals surface area contributed by atoms with E-state index in [1.54, 1.807) is 11.3 Å². The molecule has 1 aliphatic heterocycles. The van der Waals surface area contributed by atoms with E-state index in [2.05, 4.69) is 40.5 Å². The van der Waals surface area contributed by atoms with Gasteiger partial charge in [-0.1, -0.05) is 42.5 Å². The molecule has 0 aliphatic carbocycles. The van der Waals surface area contributed by atoms with Gasteiger partial charge in [-0.15, -0.1) is 11.3 Å². The normalized spacial score (nSPS) is 15.1. The zero-order valence-corrected chi connectivity index (χ0v) is 16.3. The van der Waals surface area contributed by atoms with E-state index in [0.29, 0.717) is 6.54 Å². The highest BCUT2D eigenvalue weighted by Crippen LogP contribution is 2.30. The molecule has 3 aromatic rings. The van der Waals surface area contributed by atoms with Crippen LogP contribution in [0.1, 0.15) is 26.4 Å². The Morgan fingerprint density at radius 1 is 1.07 bits per heavy atom. The molecule has 0 unspecified atom stereocenters. The zero-order valence-electron chi connectivity index (χ0n) is 15.5. The molecule has 1 N–H and O–H groups in total. The van der Waals surface area contributed by atoms with Gasteiger partial charge in [-0.2, -0.15) is 0 Å². The van der Waals surface area contributed by atoms with Gasteiger partial charge in [0.2, 0.25) is 0 Å². The van der Waals surface area contributed by atoms with Gasteiger partial charge < -0.3 is 10.1 Å².